The van der Waals surface area contributed by atoms with Crippen LogP contribution in [-0.2, 0) is 9.53 Å². The van der Waals surface area contributed by atoms with Crippen LogP contribution in [0.3, 0.4) is 0 Å². The molecule has 29 heavy (non-hydrogen) atoms. The number of hydrogen-bond acceptors (Lipinski definition) is 5. The molecule has 0 spiro atoms. The van der Waals surface area contributed by atoms with E-state index in [1.165, 1.54) is 6.42 Å². The summed E-state index contributed by atoms with van der Waals surface area (Å²) in [5.74, 6) is -0.660. The Morgan fingerprint density at radius 1 is 1.14 bits per heavy atom. The Morgan fingerprint density at radius 2 is 1.86 bits per heavy atom. The van der Waals surface area contributed by atoms with Crippen LogP contribution in [0.15, 0.2) is 18.2 Å². The molecule has 0 saturated carbocycles. The number of benzene rings is 1. The average Bonchev–Trinajstić information content (AvgIpc) is 2.73. The predicted molar refractivity (Wildman–Crippen MR) is 113 cm³/mol. The number of esters is 1. The van der Waals surface area contributed by atoms with Gasteiger partial charge in [0.2, 0.25) is 0 Å². The van der Waals surface area contributed by atoms with Crippen molar-refractivity contribution < 1.29 is 19.1 Å². The van der Waals surface area contributed by atoms with E-state index in [1.807, 2.05) is 19.9 Å². The first-order chi connectivity index (χ1) is 13.9. The lowest BCUT2D eigenvalue weighted by atomic mass is 10.1. The van der Waals surface area contributed by atoms with E-state index in [0.29, 0.717) is 11.3 Å². The Kier molecular flexibility index (Phi) is 8.76. The standard InChI is InChI=1S/C21H32N4O4/c1-4-15(3)23-20(27)17-13-16(24-21(28)22-14-19(26)29-5-2)9-10-18(17)25-11-7-6-8-12-25/h9-10,13,15H,4-8,11-12,14H2,1-3H3,(H,23,27)(H2,22,24,28)/t15-/m0/s1. The van der Waals surface area contributed by atoms with Crippen LogP contribution in [0.1, 0.15) is 56.8 Å². The zero-order chi connectivity index (χ0) is 21.2. The molecule has 1 aliphatic rings. The van der Waals surface area contributed by atoms with E-state index in [9.17, 15) is 14.4 Å². The van der Waals surface area contributed by atoms with Gasteiger partial charge in [0.05, 0.1) is 12.2 Å². The van der Waals surface area contributed by atoms with Gasteiger partial charge in [0.15, 0.2) is 0 Å². The molecule has 2 rings (SSSR count). The van der Waals surface area contributed by atoms with Gasteiger partial charge in [-0.2, -0.15) is 0 Å². The molecule has 0 aliphatic carbocycles. The molecule has 160 valence electrons. The van der Waals surface area contributed by atoms with Crippen LogP contribution in [0.5, 0.6) is 0 Å². The van der Waals surface area contributed by atoms with Gasteiger partial charge in [-0.15, -0.1) is 0 Å². The summed E-state index contributed by atoms with van der Waals surface area (Å²) in [6.07, 6.45) is 4.23. The van der Waals surface area contributed by atoms with Crippen molar-refractivity contribution in [2.45, 2.75) is 52.5 Å². The average molecular weight is 405 g/mol. The van der Waals surface area contributed by atoms with E-state index < -0.39 is 12.0 Å². The van der Waals surface area contributed by atoms with E-state index in [1.54, 1.807) is 19.1 Å². The second-order valence-corrected chi connectivity index (χ2v) is 7.18. The minimum absolute atomic E-state index is 0.0567. The van der Waals surface area contributed by atoms with Crippen molar-refractivity contribution in [3.63, 3.8) is 0 Å². The first-order valence-electron chi connectivity index (χ1n) is 10.3. The van der Waals surface area contributed by atoms with Gasteiger partial charge in [0.25, 0.3) is 5.91 Å². The van der Waals surface area contributed by atoms with Gasteiger partial charge in [-0.3, -0.25) is 9.59 Å². The molecule has 0 radical (unpaired) electrons. The lowest BCUT2D eigenvalue weighted by Crippen LogP contribution is -2.36. The van der Waals surface area contributed by atoms with Crippen molar-refractivity contribution in [3.8, 4) is 0 Å². The highest BCUT2D eigenvalue weighted by Gasteiger charge is 2.20. The Hall–Kier alpha value is -2.77. The number of nitrogens with zero attached hydrogens (tertiary/aromatic N) is 1. The highest BCUT2D eigenvalue weighted by molar-refractivity contribution is 6.02. The third kappa shape index (κ3) is 6.96. The van der Waals surface area contributed by atoms with Crippen molar-refractivity contribution in [1.82, 2.24) is 10.6 Å². The second kappa shape index (κ2) is 11.3. The molecule has 0 aromatic heterocycles. The van der Waals surface area contributed by atoms with Crippen molar-refractivity contribution in [3.05, 3.63) is 23.8 Å². The van der Waals surface area contributed by atoms with Crippen molar-refractivity contribution >= 4 is 29.3 Å². The Bertz CT molecular complexity index is 717. The number of urea groups is 1. The molecule has 1 aliphatic heterocycles. The van der Waals surface area contributed by atoms with Gasteiger partial charge in [-0.05, 0) is 57.7 Å². The first-order valence-corrected chi connectivity index (χ1v) is 10.3. The van der Waals surface area contributed by atoms with Crippen molar-refractivity contribution in [2.75, 3.05) is 36.5 Å². The summed E-state index contributed by atoms with van der Waals surface area (Å²) in [6.45, 7) is 7.55. The summed E-state index contributed by atoms with van der Waals surface area (Å²) in [5, 5.41) is 8.13. The van der Waals surface area contributed by atoms with E-state index in [4.69, 9.17) is 4.74 Å². The van der Waals surface area contributed by atoms with Gasteiger partial charge in [0.1, 0.15) is 6.54 Å². The van der Waals surface area contributed by atoms with Crippen LogP contribution in [-0.4, -0.2) is 50.2 Å². The molecular weight excluding hydrogens is 372 g/mol. The number of carbonyl (C=O) groups is 3. The normalized spacial score (nSPS) is 14.7. The van der Waals surface area contributed by atoms with Gasteiger partial charge in [-0.25, -0.2) is 4.79 Å². The fraction of sp³-hybridized carbons (Fsp3) is 0.571. The van der Waals surface area contributed by atoms with Crippen LogP contribution in [0.4, 0.5) is 16.2 Å². The molecule has 0 unspecified atom stereocenters. The number of rotatable bonds is 8. The number of piperidine rings is 1. The molecule has 1 aromatic carbocycles. The van der Waals surface area contributed by atoms with Crippen LogP contribution in [0, 0.1) is 0 Å². The predicted octanol–water partition coefficient (Wildman–Crippen LogP) is 2.89. The van der Waals surface area contributed by atoms with Gasteiger partial charge in [0, 0.05) is 30.5 Å². The van der Waals surface area contributed by atoms with Crippen LogP contribution in [0.2, 0.25) is 0 Å². The highest BCUT2D eigenvalue weighted by atomic mass is 16.5. The van der Waals surface area contributed by atoms with Crippen LogP contribution >= 0.6 is 0 Å². The molecule has 8 nitrogen and oxygen atoms in total. The van der Waals surface area contributed by atoms with E-state index in [2.05, 4.69) is 20.9 Å². The number of ether oxygens (including phenoxy) is 1. The summed E-state index contributed by atoms with van der Waals surface area (Å²) in [6, 6.07) is 4.86. The number of hydrogen-bond donors (Lipinski definition) is 3. The maximum Gasteiger partial charge on any atom is 0.325 e. The first kappa shape index (κ1) is 22.5. The maximum absolute atomic E-state index is 12.9. The monoisotopic (exact) mass is 404 g/mol. The fourth-order valence-corrected chi connectivity index (χ4v) is 3.15. The van der Waals surface area contributed by atoms with Gasteiger partial charge < -0.3 is 25.6 Å². The van der Waals surface area contributed by atoms with E-state index >= 15 is 0 Å². The Balaban J connectivity index is 2.15. The SMILES string of the molecule is CCOC(=O)CNC(=O)Nc1ccc(N2CCCCC2)c(C(=O)N[C@@H](C)CC)c1. The molecule has 1 heterocycles. The maximum atomic E-state index is 12.9. The summed E-state index contributed by atoms with van der Waals surface area (Å²) >= 11 is 0. The second-order valence-electron chi connectivity index (χ2n) is 7.18. The topological polar surface area (TPSA) is 99.8 Å². The van der Waals surface area contributed by atoms with Gasteiger partial charge >= 0.3 is 12.0 Å². The molecule has 3 N–H and O–H groups in total. The summed E-state index contributed by atoms with van der Waals surface area (Å²) in [5.41, 5.74) is 1.90. The summed E-state index contributed by atoms with van der Waals surface area (Å²) < 4.78 is 4.78. The minimum atomic E-state index is -0.531. The molecule has 0 bridgehead atoms. The Morgan fingerprint density at radius 3 is 2.52 bits per heavy atom. The zero-order valence-electron chi connectivity index (χ0n) is 17.5. The lowest BCUT2D eigenvalue weighted by Gasteiger charge is -2.31. The third-order valence-electron chi connectivity index (χ3n) is 4.88. The Labute approximate surface area is 172 Å². The van der Waals surface area contributed by atoms with Crippen LogP contribution < -0.4 is 20.9 Å². The number of carbonyl (C=O) groups excluding carboxylic acids is 3. The van der Waals surface area contributed by atoms with Crippen molar-refractivity contribution in [1.29, 1.82) is 0 Å². The summed E-state index contributed by atoms with van der Waals surface area (Å²) in [4.78, 5) is 38.5. The molecular formula is C21H32N4O4. The molecule has 8 heteroatoms. The minimum Gasteiger partial charge on any atom is -0.465 e. The molecule has 1 saturated heterocycles. The number of amides is 3. The molecule has 1 atom stereocenters. The number of anilines is 2. The highest BCUT2D eigenvalue weighted by Crippen LogP contribution is 2.27. The van der Waals surface area contributed by atoms with E-state index in [-0.39, 0.29) is 25.1 Å². The van der Waals surface area contributed by atoms with Crippen molar-refractivity contribution in [2.24, 2.45) is 0 Å². The molecule has 1 aromatic rings. The van der Waals surface area contributed by atoms with E-state index in [0.717, 1.165) is 38.0 Å². The quantitative estimate of drug-likeness (QED) is 0.579. The smallest absolute Gasteiger partial charge is 0.325 e. The molecule has 1 fully saturated rings. The lowest BCUT2D eigenvalue weighted by molar-refractivity contribution is -0.141. The number of nitrogens with one attached hydrogen (secondary N) is 3. The van der Waals surface area contributed by atoms with Gasteiger partial charge in [-0.1, -0.05) is 6.92 Å². The summed E-state index contributed by atoms with van der Waals surface area (Å²) in [7, 11) is 0. The zero-order valence-corrected chi connectivity index (χ0v) is 17.5. The third-order valence-corrected chi connectivity index (χ3v) is 4.88. The van der Waals surface area contributed by atoms with Crippen LogP contribution in [0.25, 0.3) is 0 Å². The fourth-order valence-electron chi connectivity index (χ4n) is 3.15. The molecule has 3 amide bonds. The largest absolute Gasteiger partial charge is 0.465 e.